The number of halogens is 2. The summed E-state index contributed by atoms with van der Waals surface area (Å²) in [5.41, 5.74) is -0.306. The number of hydrogen-bond donors (Lipinski definition) is 1. The van der Waals surface area contributed by atoms with E-state index in [4.69, 9.17) is 0 Å². The number of para-hydroxylation sites is 2. The third-order valence-electron chi connectivity index (χ3n) is 5.05. The Bertz CT molecular complexity index is 669. The number of anilines is 1. The molecule has 2 fully saturated rings. The SMILES string of the molecule is N#CC1(C(=O)N[C@H]2CCN(c3ccccc3OC(F)F)C2)CCCC1. The molecule has 1 amide bonds. The van der Waals surface area contributed by atoms with Crippen molar-refractivity contribution in [2.45, 2.75) is 44.8 Å². The van der Waals surface area contributed by atoms with E-state index in [0.29, 0.717) is 38.0 Å². The Balaban J connectivity index is 1.65. The summed E-state index contributed by atoms with van der Waals surface area (Å²) in [5, 5.41) is 12.4. The number of nitrogens with one attached hydrogen (secondary N) is 1. The summed E-state index contributed by atoms with van der Waals surface area (Å²) in [6.45, 7) is -1.73. The molecule has 0 unspecified atom stereocenters. The minimum absolute atomic E-state index is 0.0991. The predicted octanol–water partition coefficient (Wildman–Crippen LogP) is 3.07. The van der Waals surface area contributed by atoms with Crippen molar-refractivity contribution in [3.05, 3.63) is 24.3 Å². The predicted molar refractivity (Wildman–Crippen MR) is 88.3 cm³/mol. The molecule has 1 saturated carbocycles. The Morgan fingerprint density at radius 1 is 1.36 bits per heavy atom. The fourth-order valence-electron chi connectivity index (χ4n) is 3.70. The summed E-state index contributed by atoms with van der Waals surface area (Å²) >= 11 is 0. The van der Waals surface area contributed by atoms with Crippen LogP contribution in [0.4, 0.5) is 14.5 Å². The van der Waals surface area contributed by atoms with Gasteiger partial charge in [-0.2, -0.15) is 14.0 Å². The van der Waals surface area contributed by atoms with E-state index in [2.05, 4.69) is 16.1 Å². The van der Waals surface area contributed by atoms with Crippen molar-refractivity contribution >= 4 is 11.6 Å². The summed E-state index contributed by atoms with van der Waals surface area (Å²) in [6, 6.07) is 8.75. The van der Waals surface area contributed by atoms with Crippen molar-refractivity contribution in [1.29, 1.82) is 5.26 Å². The Labute approximate surface area is 145 Å². The van der Waals surface area contributed by atoms with Crippen LogP contribution >= 0.6 is 0 Å². The van der Waals surface area contributed by atoms with Crippen LogP contribution in [0.1, 0.15) is 32.1 Å². The molecule has 1 aromatic rings. The molecule has 0 bridgehead atoms. The van der Waals surface area contributed by atoms with E-state index in [-0.39, 0.29) is 17.7 Å². The normalized spacial score (nSPS) is 22.0. The summed E-state index contributed by atoms with van der Waals surface area (Å²) in [5.74, 6) is -0.0646. The number of rotatable bonds is 5. The molecule has 2 aliphatic rings. The summed E-state index contributed by atoms with van der Waals surface area (Å²) in [7, 11) is 0. The van der Waals surface area contributed by atoms with Crippen LogP contribution in [0, 0.1) is 16.7 Å². The van der Waals surface area contributed by atoms with Gasteiger partial charge in [-0.3, -0.25) is 4.79 Å². The second-order valence-corrected chi connectivity index (χ2v) is 6.65. The molecule has 0 aromatic heterocycles. The zero-order valence-corrected chi connectivity index (χ0v) is 13.9. The summed E-state index contributed by atoms with van der Waals surface area (Å²) < 4.78 is 29.7. The Morgan fingerprint density at radius 3 is 2.76 bits per heavy atom. The van der Waals surface area contributed by atoms with Crippen LogP contribution in [0.25, 0.3) is 0 Å². The first-order valence-corrected chi connectivity index (χ1v) is 8.55. The molecular formula is C18H21F2N3O2. The number of carbonyl (C=O) groups excluding carboxylic acids is 1. The van der Waals surface area contributed by atoms with E-state index in [0.717, 1.165) is 12.8 Å². The van der Waals surface area contributed by atoms with Gasteiger partial charge >= 0.3 is 6.61 Å². The van der Waals surface area contributed by atoms with Crippen LogP contribution in [0.2, 0.25) is 0 Å². The maximum atomic E-state index is 12.6. The van der Waals surface area contributed by atoms with E-state index in [1.54, 1.807) is 18.2 Å². The standard InChI is InChI=1S/C18H21F2N3O2/c19-17(20)25-15-6-2-1-5-14(15)23-10-7-13(11-23)22-16(24)18(12-21)8-3-4-9-18/h1-2,5-6,13,17H,3-4,7-11H2,(H,22,24)/t13-/m0/s1. The van der Waals surface area contributed by atoms with Crippen LogP contribution < -0.4 is 15.0 Å². The quantitative estimate of drug-likeness (QED) is 0.887. The van der Waals surface area contributed by atoms with Gasteiger partial charge in [0, 0.05) is 19.1 Å². The number of benzene rings is 1. The molecule has 0 spiro atoms. The van der Waals surface area contributed by atoms with E-state index in [1.807, 2.05) is 4.90 Å². The molecule has 7 heteroatoms. The number of nitrogens with zero attached hydrogens (tertiary/aromatic N) is 2. The highest BCUT2D eigenvalue weighted by molar-refractivity contribution is 5.86. The van der Waals surface area contributed by atoms with E-state index in [9.17, 15) is 18.8 Å². The van der Waals surface area contributed by atoms with Gasteiger partial charge in [0.2, 0.25) is 5.91 Å². The first-order chi connectivity index (χ1) is 12.0. The van der Waals surface area contributed by atoms with Crippen LogP contribution in [0.3, 0.4) is 0 Å². The average molecular weight is 349 g/mol. The third-order valence-corrected chi connectivity index (χ3v) is 5.05. The van der Waals surface area contributed by atoms with Gasteiger partial charge in [-0.25, -0.2) is 0 Å². The van der Waals surface area contributed by atoms with Crippen molar-refractivity contribution in [3.8, 4) is 11.8 Å². The lowest BCUT2D eigenvalue weighted by atomic mass is 9.87. The maximum absolute atomic E-state index is 12.6. The Hall–Kier alpha value is -2.36. The highest BCUT2D eigenvalue weighted by atomic mass is 19.3. The number of alkyl halides is 2. The number of nitriles is 1. The van der Waals surface area contributed by atoms with Crippen LogP contribution in [-0.4, -0.2) is 31.7 Å². The lowest BCUT2D eigenvalue weighted by Crippen LogP contribution is -2.45. The second kappa shape index (κ2) is 7.26. The molecule has 5 nitrogen and oxygen atoms in total. The van der Waals surface area contributed by atoms with Crippen LogP contribution in [0.5, 0.6) is 5.75 Å². The van der Waals surface area contributed by atoms with E-state index >= 15 is 0 Å². The average Bonchev–Trinajstić information content (AvgIpc) is 3.24. The molecule has 1 N–H and O–H groups in total. The molecule has 1 aliphatic carbocycles. The van der Waals surface area contributed by atoms with Gasteiger partial charge < -0.3 is 15.0 Å². The van der Waals surface area contributed by atoms with Crippen molar-refractivity contribution < 1.29 is 18.3 Å². The second-order valence-electron chi connectivity index (χ2n) is 6.65. The monoisotopic (exact) mass is 349 g/mol. The van der Waals surface area contributed by atoms with E-state index in [1.165, 1.54) is 6.07 Å². The molecule has 134 valence electrons. The number of carbonyl (C=O) groups is 1. The minimum atomic E-state index is -2.88. The van der Waals surface area contributed by atoms with Gasteiger partial charge in [-0.15, -0.1) is 0 Å². The smallest absolute Gasteiger partial charge is 0.387 e. The zero-order valence-electron chi connectivity index (χ0n) is 13.9. The fourth-order valence-corrected chi connectivity index (χ4v) is 3.70. The summed E-state index contributed by atoms with van der Waals surface area (Å²) in [6.07, 6.45) is 3.72. The number of hydrogen-bond acceptors (Lipinski definition) is 4. The third kappa shape index (κ3) is 3.68. The molecule has 1 saturated heterocycles. The number of amides is 1. The maximum Gasteiger partial charge on any atom is 0.387 e. The van der Waals surface area contributed by atoms with E-state index < -0.39 is 12.0 Å². The highest BCUT2D eigenvalue weighted by Gasteiger charge is 2.42. The number of ether oxygens (including phenoxy) is 1. The molecule has 3 rings (SSSR count). The lowest BCUT2D eigenvalue weighted by Gasteiger charge is -2.24. The molecule has 1 aliphatic heterocycles. The Morgan fingerprint density at radius 2 is 2.08 bits per heavy atom. The molecule has 1 atom stereocenters. The molecule has 0 radical (unpaired) electrons. The van der Waals surface area contributed by atoms with Gasteiger partial charge in [-0.1, -0.05) is 25.0 Å². The van der Waals surface area contributed by atoms with Gasteiger partial charge in [0.25, 0.3) is 0 Å². The lowest BCUT2D eigenvalue weighted by molar-refractivity contribution is -0.128. The molecular weight excluding hydrogens is 328 g/mol. The van der Waals surface area contributed by atoms with Gasteiger partial charge in [0.05, 0.1) is 11.8 Å². The molecule has 25 heavy (non-hydrogen) atoms. The first-order valence-electron chi connectivity index (χ1n) is 8.55. The van der Waals surface area contributed by atoms with Gasteiger partial charge in [0.1, 0.15) is 11.2 Å². The van der Waals surface area contributed by atoms with Crippen LogP contribution in [0.15, 0.2) is 24.3 Å². The largest absolute Gasteiger partial charge is 0.433 e. The molecule has 1 heterocycles. The van der Waals surface area contributed by atoms with Gasteiger partial charge in [0.15, 0.2) is 0 Å². The first kappa shape index (κ1) is 17.5. The van der Waals surface area contributed by atoms with Crippen molar-refractivity contribution in [2.24, 2.45) is 5.41 Å². The topological polar surface area (TPSA) is 65.4 Å². The molecule has 1 aromatic carbocycles. The highest BCUT2D eigenvalue weighted by Crippen LogP contribution is 2.38. The van der Waals surface area contributed by atoms with Crippen molar-refractivity contribution in [1.82, 2.24) is 5.32 Å². The summed E-state index contributed by atoms with van der Waals surface area (Å²) in [4.78, 5) is 14.5. The van der Waals surface area contributed by atoms with Crippen molar-refractivity contribution in [2.75, 3.05) is 18.0 Å². The van der Waals surface area contributed by atoms with Crippen LogP contribution in [-0.2, 0) is 4.79 Å². The minimum Gasteiger partial charge on any atom is -0.433 e. The zero-order chi connectivity index (χ0) is 17.9. The Kier molecular flexibility index (Phi) is 5.07. The van der Waals surface area contributed by atoms with Gasteiger partial charge in [-0.05, 0) is 31.4 Å². The van der Waals surface area contributed by atoms with Crippen molar-refractivity contribution in [3.63, 3.8) is 0 Å². The fraction of sp³-hybridized carbons (Fsp3) is 0.556.